The highest BCUT2D eigenvalue weighted by atomic mass is 32.5. The Morgan fingerprint density at radius 2 is 1.38 bits per heavy atom. The first-order valence-corrected chi connectivity index (χ1v) is 34.4. The van der Waals surface area contributed by atoms with Gasteiger partial charge < -0.3 is 89.1 Å². The van der Waals surface area contributed by atoms with Crippen LogP contribution in [0, 0.1) is 0 Å². The molecule has 1 fully saturated rings. The number of hydrazine groups is 2. The van der Waals surface area contributed by atoms with E-state index in [4.69, 9.17) is 75.4 Å². The third-order valence-corrected chi connectivity index (χ3v) is 16.2. The van der Waals surface area contributed by atoms with Crippen LogP contribution in [0.25, 0.3) is 33.7 Å². The minimum atomic E-state index is -3.64. The van der Waals surface area contributed by atoms with E-state index in [0.29, 0.717) is 112 Å². The number of phenols is 1. The molecule has 3 heterocycles. The SMILES string of the molecule is CC.CO.N/C(=C\N(N)CCOCCOCCOCCOCCOCCN(N)/C1=C(\N)c2ccccc2N(C(=O)CCNC(=O)CCN2C(=O)CC(SCCCCCCOP(O)(O)=S)C2=O)Cc2ccccc21)COc1c(O)ccc2c(=O)cc(-c3ccccc3)oc12. The summed E-state index contributed by atoms with van der Waals surface area (Å²) < 4.78 is 45.0. The van der Waals surface area contributed by atoms with Gasteiger partial charge in [-0.05, 0) is 54.2 Å². The van der Waals surface area contributed by atoms with Crippen LogP contribution in [0.1, 0.15) is 75.5 Å². The molecular formula is C64H90N9O17PS2. The second-order valence-electron chi connectivity index (χ2n) is 20.6. The number of aromatic hydroxyl groups is 1. The fourth-order valence-corrected chi connectivity index (χ4v) is 11.4. The lowest BCUT2D eigenvalue weighted by atomic mass is 9.95. The molecule has 0 spiro atoms. The van der Waals surface area contributed by atoms with Gasteiger partial charge in [-0.25, -0.2) is 11.7 Å². The molecule has 0 radical (unpaired) electrons. The van der Waals surface area contributed by atoms with Crippen molar-refractivity contribution in [3.63, 3.8) is 0 Å². The summed E-state index contributed by atoms with van der Waals surface area (Å²) in [6.45, 7) is 4.50. The Morgan fingerprint density at radius 3 is 2.04 bits per heavy atom. The van der Waals surface area contributed by atoms with Gasteiger partial charge in [0.2, 0.25) is 29.4 Å². The molecule has 4 amide bonds. The number of hydrogen-bond donors (Lipinski definition) is 9. The number of benzene rings is 4. The van der Waals surface area contributed by atoms with Crippen LogP contribution >= 0.6 is 18.5 Å². The number of rotatable bonds is 39. The highest BCUT2D eigenvalue weighted by Gasteiger charge is 2.38. The van der Waals surface area contributed by atoms with Crippen molar-refractivity contribution < 1.29 is 76.5 Å². The summed E-state index contributed by atoms with van der Waals surface area (Å²) in [5, 5.41) is 23.0. The van der Waals surface area contributed by atoms with Gasteiger partial charge in [-0.1, -0.05) is 99.5 Å². The Hall–Kier alpha value is -6.99. The van der Waals surface area contributed by atoms with E-state index in [1.54, 1.807) is 9.91 Å². The zero-order valence-corrected chi connectivity index (χ0v) is 55.6. The molecular weight excluding hydrogens is 1260 g/mol. The molecule has 26 nitrogen and oxygen atoms in total. The van der Waals surface area contributed by atoms with Gasteiger partial charge in [0, 0.05) is 68.4 Å². The Bertz CT molecular complexity index is 3320. The molecule has 1 saturated heterocycles. The monoisotopic (exact) mass is 1350 g/mol. The number of carbonyl (C=O) groups excluding carboxylic acids is 4. The van der Waals surface area contributed by atoms with E-state index < -0.39 is 17.9 Å². The number of aliphatic hydroxyl groups excluding tert-OH is 1. The maximum Gasteiger partial charge on any atom is 0.321 e. The van der Waals surface area contributed by atoms with Crippen molar-refractivity contribution in [3.8, 4) is 22.8 Å². The molecule has 510 valence electrons. The summed E-state index contributed by atoms with van der Waals surface area (Å²) in [4.78, 5) is 86.7. The van der Waals surface area contributed by atoms with Crippen LogP contribution in [0.5, 0.6) is 11.5 Å². The van der Waals surface area contributed by atoms with Crippen molar-refractivity contribution in [2.45, 2.75) is 70.6 Å². The molecule has 1 unspecified atom stereocenters. The number of anilines is 1. The maximum atomic E-state index is 14.0. The number of phenolic OH excluding ortho intramolecular Hbond substituents is 1. The van der Waals surface area contributed by atoms with Crippen LogP contribution in [0.4, 0.5) is 5.69 Å². The molecule has 5 aromatic rings. The highest BCUT2D eigenvalue weighted by Crippen LogP contribution is 2.39. The van der Waals surface area contributed by atoms with Crippen molar-refractivity contribution in [2.75, 3.05) is 123 Å². The van der Waals surface area contributed by atoms with Crippen LogP contribution < -0.4 is 43.5 Å². The van der Waals surface area contributed by atoms with E-state index >= 15 is 0 Å². The first-order valence-electron chi connectivity index (χ1n) is 30.7. The number of nitrogens with two attached hydrogens (primary N) is 4. The van der Waals surface area contributed by atoms with E-state index in [0.717, 1.165) is 42.4 Å². The Balaban J connectivity index is 0.00000384. The van der Waals surface area contributed by atoms with E-state index in [1.807, 2.05) is 92.7 Å². The van der Waals surface area contributed by atoms with Crippen molar-refractivity contribution in [1.82, 2.24) is 20.2 Å². The highest BCUT2D eigenvalue weighted by molar-refractivity contribution is 8.06. The van der Waals surface area contributed by atoms with Gasteiger partial charge in [0.15, 0.2) is 16.8 Å². The molecule has 2 aliphatic rings. The fourth-order valence-electron chi connectivity index (χ4n) is 9.58. The molecule has 4 aromatic carbocycles. The number of ether oxygens (including phenoxy) is 6. The van der Waals surface area contributed by atoms with Crippen LogP contribution in [0.2, 0.25) is 0 Å². The lowest BCUT2D eigenvalue weighted by molar-refractivity contribution is -0.138. The fraction of sp³-hybridized carbons (Fsp3) is 0.453. The minimum absolute atomic E-state index is 0.0159. The number of fused-ring (bicyclic) bond motifs is 3. The van der Waals surface area contributed by atoms with Crippen LogP contribution in [0.3, 0.4) is 0 Å². The average Bonchev–Trinajstić information content (AvgIpc) is 1.11. The number of amides is 4. The van der Waals surface area contributed by atoms with E-state index in [9.17, 15) is 29.1 Å². The van der Waals surface area contributed by atoms with Gasteiger partial charge >= 0.3 is 6.72 Å². The third-order valence-electron chi connectivity index (χ3n) is 14.0. The van der Waals surface area contributed by atoms with E-state index in [-0.39, 0.29) is 117 Å². The molecule has 93 heavy (non-hydrogen) atoms. The molecule has 29 heteroatoms. The van der Waals surface area contributed by atoms with Crippen molar-refractivity contribution in [3.05, 3.63) is 136 Å². The molecule has 13 N–H and O–H groups in total. The molecule has 2 aliphatic heterocycles. The van der Waals surface area contributed by atoms with Gasteiger partial charge in [0.1, 0.15) is 12.4 Å². The van der Waals surface area contributed by atoms with Crippen LogP contribution in [0.15, 0.2) is 118 Å². The van der Waals surface area contributed by atoms with Crippen LogP contribution in [-0.4, -0.2) is 182 Å². The first kappa shape index (κ1) is 76.7. The summed E-state index contributed by atoms with van der Waals surface area (Å²) in [6, 6.07) is 28.2. The number of nitrogens with one attached hydrogen (secondary N) is 1. The lowest BCUT2D eigenvalue weighted by Crippen LogP contribution is -2.39. The quantitative estimate of drug-likeness (QED) is 0.00793. The van der Waals surface area contributed by atoms with Crippen molar-refractivity contribution in [1.29, 1.82) is 0 Å². The summed E-state index contributed by atoms with van der Waals surface area (Å²) >= 11 is 5.86. The minimum Gasteiger partial charge on any atom is -0.504 e. The van der Waals surface area contributed by atoms with Crippen LogP contribution in [-0.2, 0) is 65.7 Å². The number of nitrogens with zero attached hydrogens (tertiary/aromatic N) is 4. The number of carbonyl (C=O) groups is 4. The number of likely N-dealkylation sites (tertiary alicyclic amines) is 1. The Morgan fingerprint density at radius 1 is 0.774 bits per heavy atom. The number of imide groups is 1. The number of para-hydroxylation sites is 1. The number of aliphatic hydroxyl groups is 1. The molecule has 7 rings (SSSR count). The summed E-state index contributed by atoms with van der Waals surface area (Å²) in [7, 11) is 1.00. The second-order valence-corrected chi connectivity index (χ2v) is 24.5. The number of unbranched alkanes of at least 4 members (excludes halogenated alkanes) is 3. The van der Waals surface area contributed by atoms with Gasteiger partial charge in [-0.15, -0.1) is 11.8 Å². The zero-order valence-electron chi connectivity index (χ0n) is 53.0. The molecule has 0 bridgehead atoms. The predicted octanol–water partition coefficient (Wildman–Crippen LogP) is 5.29. The molecule has 1 atom stereocenters. The van der Waals surface area contributed by atoms with E-state index in [2.05, 4.69) is 17.1 Å². The first-order chi connectivity index (χ1) is 45.0. The maximum absolute atomic E-state index is 14.0. The Kier molecular flexibility index (Phi) is 34.4. The van der Waals surface area contributed by atoms with Gasteiger partial charge in [-0.3, -0.25) is 28.9 Å². The largest absolute Gasteiger partial charge is 0.504 e. The number of hydrogen-bond acceptors (Lipinski definition) is 23. The second kappa shape index (κ2) is 41.7. The third kappa shape index (κ3) is 25.4. The molecule has 0 saturated carbocycles. The van der Waals surface area contributed by atoms with E-state index in [1.165, 1.54) is 41.2 Å². The standard InChI is InChI=1S/C61H80N9O16PS2.C2H6.CH4O/c62-45(42-84-60-50(71)19-18-48-51(72)38-52(86-59(48)60)43-12-4-3-5-13-43)41-67(64)24-27-79-29-31-81-33-35-83-36-34-82-32-30-80-28-25-70(65)58-46-15-7-6-14-44(46)40-69(49-17-9-8-16-47(49)57(58)63)55(74)20-22-66-54(73)21-23-68-56(75)39-53(61(68)76)89-37-11-2-1-10-26-85-87(77,78)88;2*1-2/h3-9,12-19,38,41,53,71H,1-2,10-11,20-37,39-40,42,62-65H2,(H,66,73)(H2,77,78,88);1-2H3;2H,1H3/b45-41-,58-57-;;. The van der Waals surface area contributed by atoms with Crippen molar-refractivity contribution in [2.24, 2.45) is 23.2 Å². The lowest BCUT2D eigenvalue weighted by Gasteiger charge is -2.33. The van der Waals surface area contributed by atoms with Gasteiger partial charge in [0.25, 0.3) is 0 Å². The topological polar surface area (TPSA) is 373 Å². The molecule has 1 aromatic heterocycles. The Labute approximate surface area is 551 Å². The van der Waals surface area contributed by atoms with Gasteiger partial charge in [0.05, 0.1) is 126 Å². The molecule has 0 aliphatic carbocycles. The van der Waals surface area contributed by atoms with Crippen molar-refractivity contribution >= 4 is 82.0 Å². The smallest absolute Gasteiger partial charge is 0.321 e. The predicted molar refractivity (Wildman–Crippen MR) is 361 cm³/mol. The average molecular weight is 1350 g/mol. The summed E-state index contributed by atoms with van der Waals surface area (Å²) in [6.07, 6.45) is 4.50. The van der Waals surface area contributed by atoms with Gasteiger partial charge in [-0.2, -0.15) is 0 Å². The summed E-state index contributed by atoms with van der Waals surface area (Å²) in [5.41, 5.74) is 17.5. The number of thioether (sulfide) groups is 1. The zero-order chi connectivity index (χ0) is 67.5. The normalized spacial score (nSPS) is 14.7. The summed E-state index contributed by atoms with van der Waals surface area (Å²) in [5.74, 6) is 12.3.